The van der Waals surface area contributed by atoms with Crippen LogP contribution in [0.1, 0.15) is 57.6 Å². The van der Waals surface area contributed by atoms with Gasteiger partial charge >= 0.3 is 5.97 Å². The summed E-state index contributed by atoms with van der Waals surface area (Å²) in [6.07, 6.45) is 5.13. The number of pyridine rings is 1. The number of para-hydroxylation sites is 1. The van der Waals surface area contributed by atoms with Crippen molar-refractivity contribution < 1.29 is 23.8 Å². The SMILES string of the molecule is CCOC(=O)CC(c1cnc2ccccc2c1)N1CCC(CCCC2(C)OCCO2)C1=O. The van der Waals surface area contributed by atoms with E-state index in [9.17, 15) is 9.59 Å². The number of nitrogens with zero attached hydrogens (tertiary/aromatic N) is 2. The molecular formula is C25H32N2O5. The van der Waals surface area contributed by atoms with Crippen LogP contribution in [0.4, 0.5) is 0 Å². The van der Waals surface area contributed by atoms with Crippen molar-refractivity contribution in [2.24, 2.45) is 5.92 Å². The normalized spacial score (nSPS) is 21.2. The van der Waals surface area contributed by atoms with E-state index in [1.54, 1.807) is 13.1 Å². The van der Waals surface area contributed by atoms with Crippen molar-refractivity contribution in [3.8, 4) is 0 Å². The van der Waals surface area contributed by atoms with Crippen molar-refractivity contribution in [1.29, 1.82) is 0 Å². The number of hydrogen-bond acceptors (Lipinski definition) is 6. The van der Waals surface area contributed by atoms with Gasteiger partial charge in [0.05, 0.1) is 37.8 Å². The minimum atomic E-state index is -0.523. The summed E-state index contributed by atoms with van der Waals surface area (Å²) in [6.45, 7) is 5.96. The van der Waals surface area contributed by atoms with E-state index in [1.165, 1.54) is 0 Å². The topological polar surface area (TPSA) is 78.0 Å². The second-order valence-corrected chi connectivity index (χ2v) is 8.73. The molecule has 0 bridgehead atoms. The Bertz CT molecular complexity index is 956. The van der Waals surface area contributed by atoms with Crippen molar-refractivity contribution in [1.82, 2.24) is 9.88 Å². The average molecular weight is 441 g/mol. The maximum atomic E-state index is 13.3. The summed E-state index contributed by atoms with van der Waals surface area (Å²) < 4.78 is 16.6. The molecule has 0 spiro atoms. The number of carbonyl (C=O) groups excluding carboxylic acids is 2. The van der Waals surface area contributed by atoms with E-state index < -0.39 is 5.79 Å². The molecule has 2 saturated heterocycles. The highest BCUT2D eigenvalue weighted by Crippen LogP contribution is 2.35. The van der Waals surface area contributed by atoms with Crippen LogP contribution in [0.5, 0.6) is 0 Å². The van der Waals surface area contributed by atoms with E-state index in [0.717, 1.165) is 42.1 Å². The van der Waals surface area contributed by atoms with E-state index >= 15 is 0 Å². The van der Waals surface area contributed by atoms with E-state index in [1.807, 2.05) is 42.2 Å². The molecule has 3 heterocycles. The van der Waals surface area contributed by atoms with Gasteiger partial charge in [0.1, 0.15) is 0 Å². The Kier molecular flexibility index (Phi) is 7.06. The molecule has 0 aliphatic carbocycles. The molecule has 7 heteroatoms. The molecule has 0 saturated carbocycles. The van der Waals surface area contributed by atoms with Gasteiger partial charge < -0.3 is 19.1 Å². The van der Waals surface area contributed by atoms with Gasteiger partial charge in [-0.25, -0.2) is 0 Å². The third kappa shape index (κ3) is 5.10. The Morgan fingerprint density at radius 3 is 2.88 bits per heavy atom. The number of rotatable bonds is 9. The van der Waals surface area contributed by atoms with Crippen LogP contribution >= 0.6 is 0 Å². The summed E-state index contributed by atoms with van der Waals surface area (Å²) in [5.41, 5.74) is 1.76. The van der Waals surface area contributed by atoms with Crippen LogP contribution in [0.25, 0.3) is 10.9 Å². The van der Waals surface area contributed by atoms with Gasteiger partial charge in [0.15, 0.2) is 5.79 Å². The Balaban J connectivity index is 1.47. The first-order valence-corrected chi connectivity index (χ1v) is 11.6. The first-order valence-electron chi connectivity index (χ1n) is 11.6. The number of likely N-dealkylation sites (tertiary alicyclic amines) is 1. The second kappa shape index (κ2) is 9.96. The standard InChI is InChI=1S/C25H32N2O5/c1-3-30-23(28)16-22(20-15-19-7-4-5-9-21(19)26-17-20)27-12-10-18(24(27)29)8-6-11-25(2)31-13-14-32-25/h4-5,7,9,15,17-18,22H,3,6,8,10-14,16H2,1-2H3. The molecule has 1 amide bonds. The van der Waals surface area contributed by atoms with Crippen LogP contribution in [-0.4, -0.2) is 53.9 Å². The minimum absolute atomic E-state index is 0.0434. The smallest absolute Gasteiger partial charge is 0.308 e. The molecule has 4 rings (SSSR count). The zero-order valence-corrected chi connectivity index (χ0v) is 18.9. The van der Waals surface area contributed by atoms with Gasteiger partial charge in [0, 0.05) is 30.5 Å². The van der Waals surface area contributed by atoms with Crippen LogP contribution in [0, 0.1) is 5.92 Å². The molecule has 0 N–H and O–H groups in total. The molecule has 2 fully saturated rings. The van der Waals surface area contributed by atoms with Crippen LogP contribution in [0.15, 0.2) is 36.5 Å². The summed E-state index contributed by atoms with van der Waals surface area (Å²) >= 11 is 0. The highest BCUT2D eigenvalue weighted by atomic mass is 16.7. The average Bonchev–Trinajstić information content (AvgIpc) is 3.38. The van der Waals surface area contributed by atoms with Crippen LogP contribution in [0.2, 0.25) is 0 Å². The number of hydrogen-bond donors (Lipinski definition) is 0. The fraction of sp³-hybridized carbons (Fsp3) is 0.560. The molecule has 2 atom stereocenters. The van der Waals surface area contributed by atoms with Crippen molar-refractivity contribution in [2.75, 3.05) is 26.4 Å². The highest BCUT2D eigenvalue weighted by molar-refractivity contribution is 5.83. The lowest BCUT2D eigenvalue weighted by Gasteiger charge is -2.28. The molecule has 0 radical (unpaired) electrons. The summed E-state index contributed by atoms with van der Waals surface area (Å²) in [7, 11) is 0. The predicted octanol–water partition coefficient (Wildman–Crippen LogP) is 4.01. The number of carbonyl (C=O) groups is 2. The second-order valence-electron chi connectivity index (χ2n) is 8.73. The van der Waals surface area contributed by atoms with Gasteiger partial charge in [-0.2, -0.15) is 0 Å². The fourth-order valence-corrected chi connectivity index (χ4v) is 4.77. The molecule has 2 aliphatic rings. The first-order chi connectivity index (χ1) is 15.5. The first kappa shape index (κ1) is 22.7. The fourth-order valence-electron chi connectivity index (χ4n) is 4.77. The van der Waals surface area contributed by atoms with Crippen molar-refractivity contribution in [3.05, 3.63) is 42.1 Å². The molecule has 2 unspecified atom stereocenters. The quantitative estimate of drug-likeness (QED) is 0.548. The van der Waals surface area contributed by atoms with Gasteiger partial charge in [-0.15, -0.1) is 0 Å². The lowest BCUT2D eigenvalue weighted by molar-refractivity contribution is -0.149. The maximum Gasteiger partial charge on any atom is 0.308 e. The summed E-state index contributed by atoms with van der Waals surface area (Å²) in [6, 6.07) is 9.51. The van der Waals surface area contributed by atoms with E-state index in [4.69, 9.17) is 14.2 Å². The summed E-state index contributed by atoms with van der Waals surface area (Å²) in [4.78, 5) is 32.1. The van der Waals surface area contributed by atoms with Gasteiger partial charge in [-0.1, -0.05) is 18.2 Å². The van der Waals surface area contributed by atoms with Crippen molar-refractivity contribution in [3.63, 3.8) is 0 Å². The van der Waals surface area contributed by atoms with Crippen LogP contribution < -0.4 is 0 Å². The predicted molar refractivity (Wildman–Crippen MR) is 120 cm³/mol. The number of ether oxygens (including phenoxy) is 3. The monoisotopic (exact) mass is 440 g/mol. The van der Waals surface area contributed by atoms with Crippen LogP contribution in [0.3, 0.4) is 0 Å². The molecular weight excluding hydrogens is 408 g/mol. The lowest BCUT2D eigenvalue weighted by Crippen LogP contribution is -2.34. The Labute approximate surface area is 189 Å². The van der Waals surface area contributed by atoms with Crippen molar-refractivity contribution in [2.45, 2.75) is 57.8 Å². The number of amides is 1. The summed E-state index contributed by atoms with van der Waals surface area (Å²) in [5.74, 6) is -0.765. The minimum Gasteiger partial charge on any atom is -0.466 e. The molecule has 1 aromatic carbocycles. The number of benzene rings is 1. The van der Waals surface area contributed by atoms with Crippen molar-refractivity contribution >= 4 is 22.8 Å². The lowest BCUT2D eigenvalue weighted by atomic mass is 9.98. The zero-order valence-electron chi connectivity index (χ0n) is 18.9. The highest BCUT2D eigenvalue weighted by Gasteiger charge is 2.38. The molecule has 2 aliphatic heterocycles. The third-order valence-corrected chi connectivity index (χ3v) is 6.47. The summed E-state index contributed by atoms with van der Waals surface area (Å²) in [5, 5.41) is 0.992. The van der Waals surface area contributed by atoms with E-state index in [0.29, 0.717) is 26.4 Å². The Hall–Kier alpha value is -2.51. The third-order valence-electron chi connectivity index (χ3n) is 6.47. The maximum absolute atomic E-state index is 13.3. The number of aromatic nitrogens is 1. The zero-order chi connectivity index (χ0) is 22.6. The number of fused-ring (bicyclic) bond motifs is 1. The van der Waals surface area contributed by atoms with Gasteiger partial charge in [0.25, 0.3) is 0 Å². The number of esters is 1. The molecule has 172 valence electrons. The largest absolute Gasteiger partial charge is 0.466 e. The Morgan fingerprint density at radius 1 is 1.31 bits per heavy atom. The van der Waals surface area contributed by atoms with Gasteiger partial charge in [-0.3, -0.25) is 14.6 Å². The Morgan fingerprint density at radius 2 is 2.09 bits per heavy atom. The van der Waals surface area contributed by atoms with Crippen LogP contribution in [-0.2, 0) is 23.8 Å². The molecule has 7 nitrogen and oxygen atoms in total. The molecule has 32 heavy (non-hydrogen) atoms. The van der Waals surface area contributed by atoms with E-state index in [-0.39, 0.29) is 30.3 Å². The van der Waals surface area contributed by atoms with Gasteiger partial charge in [0.2, 0.25) is 5.91 Å². The molecule has 2 aromatic rings. The van der Waals surface area contributed by atoms with Gasteiger partial charge in [-0.05, 0) is 50.8 Å². The molecule has 1 aromatic heterocycles. The van der Waals surface area contributed by atoms with E-state index in [2.05, 4.69) is 4.98 Å².